The minimum absolute atomic E-state index is 0.0420. The zero-order valence-electron chi connectivity index (χ0n) is 16.2. The van der Waals surface area contributed by atoms with Crippen LogP contribution in [0.2, 0.25) is 0 Å². The first-order valence-corrected chi connectivity index (χ1v) is 9.64. The molecule has 0 aliphatic carbocycles. The lowest BCUT2D eigenvalue weighted by Gasteiger charge is -2.43. The molecule has 2 atom stereocenters. The molecule has 6 heteroatoms. The molecule has 29 heavy (non-hydrogen) atoms. The molecule has 0 radical (unpaired) electrons. The van der Waals surface area contributed by atoms with Gasteiger partial charge in [0.2, 0.25) is 0 Å². The Hall–Kier alpha value is -3.12. The number of nitrogens with zero attached hydrogens (tertiary/aromatic N) is 1. The third kappa shape index (κ3) is 3.51. The Morgan fingerprint density at radius 2 is 1.93 bits per heavy atom. The van der Waals surface area contributed by atoms with Crippen LogP contribution in [0.3, 0.4) is 0 Å². The van der Waals surface area contributed by atoms with Crippen molar-refractivity contribution in [2.45, 2.75) is 25.9 Å². The summed E-state index contributed by atoms with van der Waals surface area (Å²) in [4.78, 5) is 26.9. The van der Waals surface area contributed by atoms with Crippen molar-refractivity contribution in [3.05, 3.63) is 71.5 Å². The monoisotopic (exact) mass is 393 g/mol. The van der Waals surface area contributed by atoms with Gasteiger partial charge in [-0.25, -0.2) is 0 Å². The van der Waals surface area contributed by atoms with Crippen molar-refractivity contribution in [2.24, 2.45) is 5.41 Å². The van der Waals surface area contributed by atoms with E-state index in [1.54, 1.807) is 18.2 Å². The van der Waals surface area contributed by atoms with Gasteiger partial charge in [-0.2, -0.15) is 0 Å². The summed E-state index contributed by atoms with van der Waals surface area (Å²) in [6, 6.07) is 16.3. The van der Waals surface area contributed by atoms with Crippen molar-refractivity contribution in [2.75, 3.05) is 13.1 Å². The molecule has 150 valence electrons. The Balaban J connectivity index is 1.63. The number of aryl methyl sites for hydroxylation is 1. The van der Waals surface area contributed by atoms with Crippen LogP contribution in [0, 0.1) is 12.3 Å². The minimum Gasteiger partial charge on any atom is -0.481 e. The van der Waals surface area contributed by atoms with Gasteiger partial charge in [0, 0.05) is 24.0 Å². The van der Waals surface area contributed by atoms with Gasteiger partial charge >= 0.3 is 5.97 Å². The number of aliphatic hydroxyl groups is 1. The zero-order valence-corrected chi connectivity index (χ0v) is 16.2. The average molecular weight is 393 g/mol. The summed E-state index contributed by atoms with van der Waals surface area (Å²) in [5.41, 5.74) is 0.565. The number of furan rings is 1. The molecule has 1 aliphatic rings. The van der Waals surface area contributed by atoms with E-state index in [1.165, 1.54) is 4.90 Å². The average Bonchev–Trinajstić information content (AvgIpc) is 3.09. The molecule has 2 aromatic carbocycles. The van der Waals surface area contributed by atoms with Gasteiger partial charge in [0.05, 0.1) is 6.10 Å². The highest BCUT2D eigenvalue weighted by Gasteiger charge is 2.50. The van der Waals surface area contributed by atoms with E-state index in [0.717, 1.165) is 16.7 Å². The highest BCUT2D eigenvalue weighted by Crippen LogP contribution is 2.35. The topological polar surface area (TPSA) is 91.0 Å². The molecule has 1 saturated heterocycles. The predicted molar refractivity (Wildman–Crippen MR) is 108 cm³/mol. The van der Waals surface area contributed by atoms with Gasteiger partial charge in [-0.15, -0.1) is 0 Å². The summed E-state index contributed by atoms with van der Waals surface area (Å²) < 4.78 is 5.56. The van der Waals surface area contributed by atoms with E-state index in [2.05, 4.69) is 0 Å². The van der Waals surface area contributed by atoms with Gasteiger partial charge in [-0.3, -0.25) is 9.59 Å². The Bertz CT molecular complexity index is 1060. The van der Waals surface area contributed by atoms with Gasteiger partial charge in [0.1, 0.15) is 16.8 Å². The SMILES string of the molecule is Cc1cc2cc(C(=O)N3CC[C@H](O)[C@@](Cc4ccccc4)(C(=O)O)C3)ccc2o1. The Labute approximate surface area is 168 Å². The van der Waals surface area contributed by atoms with E-state index in [4.69, 9.17) is 4.42 Å². The third-order valence-corrected chi connectivity index (χ3v) is 5.75. The van der Waals surface area contributed by atoms with Crippen LogP contribution in [0.15, 0.2) is 59.0 Å². The van der Waals surface area contributed by atoms with E-state index >= 15 is 0 Å². The van der Waals surface area contributed by atoms with Crippen LogP contribution in [0.5, 0.6) is 0 Å². The maximum atomic E-state index is 13.1. The number of carbonyl (C=O) groups excluding carboxylic acids is 1. The van der Waals surface area contributed by atoms with Gasteiger partial charge in [0.15, 0.2) is 0 Å². The second-order valence-corrected chi connectivity index (χ2v) is 7.76. The van der Waals surface area contributed by atoms with Crippen LogP contribution < -0.4 is 0 Å². The van der Waals surface area contributed by atoms with Gasteiger partial charge in [0.25, 0.3) is 5.91 Å². The van der Waals surface area contributed by atoms with Crippen molar-refractivity contribution in [3.8, 4) is 0 Å². The van der Waals surface area contributed by atoms with Crippen LogP contribution in [0.4, 0.5) is 0 Å². The minimum atomic E-state index is -1.44. The van der Waals surface area contributed by atoms with Gasteiger partial charge in [-0.1, -0.05) is 30.3 Å². The van der Waals surface area contributed by atoms with E-state index in [9.17, 15) is 19.8 Å². The third-order valence-electron chi connectivity index (χ3n) is 5.75. The van der Waals surface area contributed by atoms with Gasteiger partial charge < -0.3 is 19.5 Å². The Morgan fingerprint density at radius 3 is 2.66 bits per heavy atom. The van der Waals surface area contributed by atoms with E-state index in [1.807, 2.05) is 43.3 Å². The summed E-state index contributed by atoms with van der Waals surface area (Å²) in [6.45, 7) is 2.12. The molecule has 6 nitrogen and oxygen atoms in total. The Morgan fingerprint density at radius 1 is 1.17 bits per heavy atom. The molecule has 1 aromatic heterocycles. The molecular formula is C23H23NO5. The summed E-state index contributed by atoms with van der Waals surface area (Å²) >= 11 is 0. The molecule has 0 unspecified atom stereocenters. The first kappa shape index (κ1) is 19.2. The van der Waals surface area contributed by atoms with Crippen molar-refractivity contribution < 1.29 is 24.2 Å². The number of benzene rings is 2. The van der Waals surface area contributed by atoms with Crippen LogP contribution in [0.25, 0.3) is 11.0 Å². The number of carboxylic acid groups (broad SMARTS) is 1. The number of likely N-dealkylation sites (tertiary alicyclic amines) is 1. The first-order valence-electron chi connectivity index (χ1n) is 9.64. The fraction of sp³-hybridized carbons (Fsp3) is 0.304. The van der Waals surface area contributed by atoms with Crippen molar-refractivity contribution in [1.29, 1.82) is 0 Å². The lowest BCUT2D eigenvalue weighted by Crippen LogP contribution is -2.58. The number of piperidine rings is 1. The standard InChI is InChI=1S/C23H23NO5/c1-15-11-18-12-17(7-8-19(18)29-15)21(26)24-10-9-20(25)23(14-24,22(27)28)13-16-5-3-2-4-6-16/h2-8,11-12,20,25H,9-10,13-14H2,1H3,(H,27,28)/t20-,23-/m0/s1. The number of carbonyl (C=O) groups is 2. The molecule has 0 saturated carbocycles. The molecule has 1 fully saturated rings. The second-order valence-electron chi connectivity index (χ2n) is 7.76. The quantitative estimate of drug-likeness (QED) is 0.710. The summed E-state index contributed by atoms with van der Waals surface area (Å²) in [5.74, 6) is -0.568. The molecule has 0 spiro atoms. The fourth-order valence-corrected chi connectivity index (χ4v) is 4.16. The van der Waals surface area contributed by atoms with Crippen LogP contribution in [-0.2, 0) is 11.2 Å². The number of rotatable bonds is 4. The molecule has 4 rings (SSSR count). The molecule has 1 aliphatic heterocycles. The van der Waals surface area contributed by atoms with Crippen LogP contribution in [0.1, 0.15) is 28.1 Å². The fourth-order valence-electron chi connectivity index (χ4n) is 4.16. The number of aliphatic hydroxyl groups excluding tert-OH is 1. The molecule has 3 aromatic rings. The van der Waals surface area contributed by atoms with Crippen molar-refractivity contribution in [1.82, 2.24) is 4.90 Å². The highest BCUT2D eigenvalue weighted by atomic mass is 16.4. The predicted octanol–water partition coefficient (Wildman–Crippen LogP) is 3.26. The molecule has 2 heterocycles. The lowest BCUT2D eigenvalue weighted by atomic mass is 9.72. The van der Waals surface area contributed by atoms with E-state index in [0.29, 0.717) is 17.7 Å². The van der Waals surface area contributed by atoms with E-state index in [-0.39, 0.29) is 25.3 Å². The first-order chi connectivity index (χ1) is 13.9. The normalized spacial score (nSPS) is 22.0. The zero-order chi connectivity index (χ0) is 20.6. The maximum Gasteiger partial charge on any atom is 0.314 e. The van der Waals surface area contributed by atoms with Crippen LogP contribution >= 0.6 is 0 Å². The van der Waals surface area contributed by atoms with Crippen molar-refractivity contribution in [3.63, 3.8) is 0 Å². The summed E-state index contributed by atoms with van der Waals surface area (Å²) in [7, 11) is 0. The summed E-state index contributed by atoms with van der Waals surface area (Å²) in [6.07, 6.45) is -0.644. The molecule has 1 amide bonds. The molecule has 2 N–H and O–H groups in total. The lowest BCUT2D eigenvalue weighted by molar-refractivity contribution is -0.161. The number of hydrogen-bond donors (Lipinski definition) is 2. The largest absolute Gasteiger partial charge is 0.481 e. The smallest absolute Gasteiger partial charge is 0.314 e. The van der Waals surface area contributed by atoms with Crippen molar-refractivity contribution >= 4 is 22.8 Å². The van der Waals surface area contributed by atoms with E-state index < -0.39 is 17.5 Å². The molecular weight excluding hydrogens is 370 g/mol. The molecule has 0 bridgehead atoms. The maximum absolute atomic E-state index is 13.1. The summed E-state index contributed by atoms with van der Waals surface area (Å²) in [5, 5.41) is 21.5. The van der Waals surface area contributed by atoms with Gasteiger partial charge in [-0.05, 0) is 49.6 Å². The van der Waals surface area contributed by atoms with Crippen LogP contribution in [-0.4, -0.2) is 46.2 Å². The number of carboxylic acids is 1. The number of hydrogen-bond acceptors (Lipinski definition) is 4. The Kier molecular flexibility index (Phi) is 4.88. The number of fused-ring (bicyclic) bond motifs is 1. The highest BCUT2D eigenvalue weighted by molar-refractivity contribution is 5.98. The number of aliphatic carboxylic acids is 1. The number of amides is 1. The second kappa shape index (κ2) is 7.37.